The monoisotopic (exact) mass is 395 g/mol. The minimum Gasteiger partial charge on any atom is -0.383 e. The molecule has 0 radical (unpaired) electrons. The molecule has 0 amide bonds. The zero-order valence-corrected chi connectivity index (χ0v) is 15.3. The quantitative estimate of drug-likeness (QED) is 0.569. The van der Waals surface area contributed by atoms with Gasteiger partial charge in [0.25, 0.3) is 10.0 Å². The number of anilines is 1. The van der Waals surface area contributed by atoms with Gasteiger partial charge in [-0.3, -0.25) is 0 Å². The molecule has 0 saturated carbocycles. The fourth-order valence-electron chi connectivity index (χ4n) is 2.81. The molecular weight excluding hydrogens is 381 g/mol. The Morgan fingerprint density at radius 3 is 2.57 bits per heavy atom. The van der Waals surface area contributed by atoms with E-state index in [1.165, 1.54) is 36.7 Å². The van der Waals surface area contributed by atoms with Crippen LogP contribution in [0.3, 0.4) is 0 Å². The number of pyridine rings is 1. The lowest BCUT2D eigenvalue weighted by Crippen LogP contribution is -2.12. The first-order valence-corrected chi connectivity index (χ1v) is 9.58. The van der Waals surface area contributed by atoms with E-state index in [1.54, 1.807) is 18.2 Å². The van der Waals surface area contributed by atoms with Crippen LogP contribution in [0.4, 0.5) is 10.2 Å². The zero-order valence-electron chi connectivity index (χ0n) is 14.4. The lowest BCUT2D eigenvalue weighted by atomic mass is 10.2. The van der Waals surface area contributed by atoms with Crippen LogP contribution in [0.15, 0.2) is 66.5 Å². The van der Waals surface area contributed by atoms with Crippen molar-refractivity contribution in [2.75, 3.05) is 5.73 Å². The highest BCUT2D eigenvalue weighted by Gasteiger charge is 2.24. The molecule has 0 unspecified atom stereocenters. The number of nitrogen functional groups attached to an aromatic ring is 1. The van der Waals surface area contributed by atoms with E-state index in [4.69, 9.17) is 5.73 Å². The third kappa shape index (κ3) is 2.81. The number of halogens is 1. The summed E-state index contributed by atoms with van der Waals surface area (Å²) in [6, 6.07) is 9.07. The van der Waals surface area contributed by atoms with Crippen LogP contribution in [0.1, 0.15) is 5.56 Å². The first kappa shape index (κ1) is 17.8. The molecule has 0 aliphatic carbocycles. The van der Waals surface area contributed by atoms with Crippen molar-refractivity contribution >= 4 is 33.0 Å². The molecular formula is C19H14FN5O2S. The summed E-state index contributed by atoms with van der Waals surface area (Å²) in [7, 11) is -3.96. The van der Waals surface area contributed by atoms with Gasteiger partial charge in [0.05, 0.1) is 11.1 Å². The van der Waals surface area contributed by atoms with Crippen LogP contribution < -0.4 is 5.73 Å². The summed E-state index contributed by atoms with van der Waals surface area (Å²) in [5.74, 6) is -0.280. The number of aromatic nitrogens is 4. The number of rotatable bonds is 4. The van der Waals surface area contributed by atoms with Crippen molar-refractivity contribution in [1.29, 1.82) is 0 Å². The molecule has 0 spiro atoms. The Bertz CT molecular complexity index is 1320. The van der Waals surface area contributed by atoms with E-state index in [0.29, 0.717) is 11.1 Å². The largest absolute Gasteiger partial charge is 0.383 e. The first-order chi connectivity index (χ1) is 13.4. The molecule has 2 N–H and O–H groups in total. The molecule has 4 rings (SSSR count). The van der Waals surface area contributed by atoms with Crippen molar-refractivity contribution in [3.8, 4) is 11.4 Å². The first-order valence-electron chi connectivity index (χ1n) is 8.14. The summed E-state index contributed by atoms with van der Waals surface area (Å²) in [4.78, 5) is 12.5. The fraction of sp³-hybridized carbons (Fsp3) is 0. The number of nitrogens with two attached hydrogens (primary N) is 1. The summed E-state index contributed by atoms with van der Waals surface area (Å²) >= 11 is 0. The van der Waals surface area contributed by atoms with E-state index in [-0.39, 0.29) is 27.6 Å². The smallest absolute Gasteiger partial charge is 0.269 e. The second-order valence-electron chi connectivity index (χ2n) is 5.92. The number of benzene rings is 1. The number of nitrogens with zero attached hydrogens (tertiary/aromatic N) is 4. The van der Waals surface area contributed by atoms with Crippen molar-refractivity contribution in [2.45, 2.75) is 4.90 Å². The van der Waals surface area contributed by atoms with Gasteiger partial charge in [-0.05, 0) is 18.2 Å². The van der Waals surface area contributed by atoms with Crippen LogP contribution in [0.25, 0.3) is 28.5 Å². The number of fused-ring (bicyclic) bond motifs is 1. The number of hydrogen-bond donors (Lipinski definition) is 1. The maximum Gasteiger partial charge on any atom is 0.269 e. The topological polar surface area (TPSA) is 104 Å². The lowest BCUT2D eigenvalue weighted by Gasteiger charge is -2.06. The van der Waals surface area contributed by atoms with Crippen LogP contribution in [0, 0.1) is 5.82 Å². The average Bonchev–Trinajstić information content (AvgIpc) is 3.08. The average molecular weight is 395 g/mol. The Morgan fingerprint density at radius 2 is 1.89 bits per heavy atom. The van der Waals surface area contributed by atoms with Gasteiger partial charge in [0.2, 0.25) is 0 Å². The minimum absolute atomic E-state index is 0.0650. The molecule has 0 bridgehead atoms. The second-order valence-corrected chi connectivity index (χ2v) is 7.73. The van der Waals surface area contributed by atoms with Crippen LogP contribution in [0.2, 0.25) is 0 Å². The summed E-state index contributed by atoms with van der Waals surface area (Å²) in [6.45, 7) is 3.62. The van der Waals surface area contributed by atoms with Crippen LogP contribution >= 0.6 is 0 Å². The van der Waals surface area contributed by atoms with Crippen molar-refractivity contribution in [2.24, 2.45) is 0 Å². The van der Waals surface area contributed by atoms with Crippen molar-refractivity contribution in [1.82, 2.24) is 18.9 Å². The molecule has 0 saturated heterocycles. The lowest BCUT2D eigenvalue weighted by molar-refractivity contribution is 0.588. The molecule has 9 heteroatoms. The van der Waals surface area contributed by atoms with Gasteiger partial charge in [0.15, 0.2) is 11.5 Å². The van der Waals surface area contributed by atoms with E-state index in [9.17, 15) is 12.8 Å². The second kappa shape index (κ2) is 6.54. The van der Waals surface area contributed by atoms with Crippen LogP contribution in [-0.2, 0) is 10.0 Å². The number of hydrogen-bond acceptors (Lipinski definition) is 6. The molecule has 0 aliphatic heterocycles. The standard InChI is InChI=1S/C19H14FN5O2S/c1-2-12-9-22-18(24-17(12)21)16-11-25(19-15(16)8-13(20)10-23-19)28(26,27)14-6-4-3-5-7-14/h2-11H,1H2,(H2,21,22,24). The maximum absolute atomic E-state index is 13.9. The third-order valence-electron chi connectivity index (χ3n) is 4.19. The van der Waals surface area contributed by atoms with Crippen LogP contribution in [0.5, 0.6) is 0 Å². The van der Waals surface area contributed by atoms with E-state index in [2.05, 4.69) is 21.5 Å². The fourth-order valence-corrected chi connectivity index (χ4v) is 4.16. The van der Waals surface area contributed by atoms with Crippen LogP contribution in [-0.4, -0.2) is 27.3 Å². The molecule has 3 heterocycles. The zero-order chi connectivity index (χ0) is 19.9. The molecule has 4 aromatic rings. The SMILES string of the molecule is C=Cc1cnc(-c2cn(S(=O)(=O)c3ccccc3)c3ncc(F)cc23)nc1N. The Hall–Kier alpha value is -3.59. The molecule has 28 heavy (non-hydrogen) atoms. The van der Waals surface area contributed by atoms with E-state index in [1.807, 2.05) is 0 Å². The van der Waals surface area contributed by atoms with Gasteiger partial charge in [-0.1, -0.05) is 30.9 Å². The van der Waals surface area contributed by atoms with E-state index in [0.717, 1.165) is 10.2 Å². The highest BCUT2D eigenvalue weighted by molar-refractivity contribution is 7.90. The highest BCUT2D eigenvalue weighted by Crippen LogP contribution is 2.31. The Balaban J connectivity index is 2.01. The summed E-state index contributed by atoms with van der Waals surface area (Å²) in [6.07, 6.45) is 5.25. The summed E-state index contributed by atoms with van der Waals surface area (Å²) in [5, 5.41) is 0.255. The normalized spacial score (nSPS) is 11.6. The Kier molecular flexibility index (Phi) is 4.16. The van der Waals surface area contributed by atoms with Gasteiger partial charge >= 0.3 is 0 Å². The predicted octanol–water partition coefficient (Wildman–Crippen LogP) is 3.09. The molecule has 140 valence electrons. The highest BCUT2D eigenvalue weighted by atomic mass is 32.2. The van der Waals surface area contributed by atoms with Gasteiger partial charge in [0.1, 0.15) is 11.6 Å². The van der Waals surface area contributed by atoms with Gasteiger partial charge in [-0.2, -0.15) is 0 Å². The van der Waals surface area contributed by atoms with Gasteiger partial charge in [-0.25, -0.2) is 31.7 Å². The Labute approximate surface area is 160 Å². The summed E-state index contributed by atoms with van der Waals surface area (Å²) in [5.41, 5.74) is 6.79. The summed E-state index contributed by atoms with van der Waals surface area (Å²) < 4.78 is 41.0. The third-order valence-corrected chi connectivity index (χ3v) is 5.85. The molecule has 7 nitrogen and oxygen atoms in total. The Morgan fingerprint density at radius 1 is 1.14 bits per heavy atom. The van der Waals surface area contributed by atoms with E-state index >= 15 is 0 Å². The minimum atomic E-state index is -3.96. The van der Waals surface area contributed by atoms with E-state index < -0.39 is 15.8 Å². The van der Waals surface area contributed by atoms with Crippen molar-refractivity contribution < 1.29 is 12.8 Å². The van der Waals surface area contributed by atoms with Crippen molar-refractivity contribution in [3.05, 3.63) is 72.9 Å². The van der Waals surface area contributed by atoms with Gasteiger partial charge < -0.3 is 5.73 Å². The molecule has 1 aromatic carbocycles. The van der Waals surface area contributed by atoms with Gasteiger partial charge in [-0.15, -0.1) is 0 Å². The molecule has 0 fully saturated rings. The molecule has 0 atom stereocenters. The maximum atomic E-state index is 13.9. The van der Waals surface area contributed by atoms with Crippen molar-refractivity contribution in [3.63, 3.8) is 0 Å². The predicted molar refractivity (Wildman–Crippen MR) is 104 cm³/mol. The molecule has 3 aromatic heterocycles. The van der Waals surface area contributed by atoms with Gasteiger partial charge in [0, 0.05) is 28.9 Å². The molecule has 0 aliphatic rings.